The molecule has 0 bridgehead atoms. The summed E-state index contributed by atoms with van der Waals surface area (Å²) >= 11 is 0. The van der Waals surface area contributed by atoms with Crippen molar-refractivity contribution in [3.05, 3.63) is 41.7 Å². The van der Waals surface area contributed by atoms with E-state index < -0.39 is 0 Å². The predicted octanol–water partition coefficient (Wildman–Crippen LogP) is 2.35. The van der Waals surface area contributed by atoms with Crippen LogP contribution in [0.15, 0.2) is 30.3 Å². The molecule has 0 aliphatic carbocycles. The molecule has 1 aliphatic heterocycles. The van der Waals surface area contributed by atoms with Crippen molar-refractivity contribution < 1.29 is 9.53 Å². The van der Waals surface area contributed by atoms with Crippen LogP contribution in [-0.2, 0) is 16.1 Å². The maximum atomic E-state index is 12.0. The number of hydrogen-bond donors (Lipinski definition) is 0. The Balaban J connectivity index is 1.68. The second-order valence-electron chi connectivity index (χ2n) is 6.20. The predicted molar refractivity (Wildman–Crippen MR) is 90.7 cm³/mol. The SMILES string of the molecule is CCOC(=O)C1CCCN(Cc2nnn(-c3ccccc3)c2C)C1. The molecule has 6 nitrogen and oxygen atoms in total. The first-order valence-corrected chi connectivity index (χ1v) is 8.54. The van der Waals surface area contributed by atoms with Crippen molar-refractivity contribution in [1.29, 1.82) is 0 Å². The van der Waals surface area contributed by atoms with Gasteiger partial charge in [0.05, 0.1) is 23.9 Å². The molecule has 2 aromatic rings. The lowest BCUT2D eigenvalue weighted by molar-refractivity contribution is -0.150. The summed E-state index contributed by atoms with van der Waals surface area (Å²) in [5.74, 6) is -0.102. The first-order chi connectivity index (χ1) is 11.7. The minimum absolute atomic E-state index is 0.0248. The maximum absolute atomic E-state index is 12.0. The van der Waals surface area contributed by atoms with Crippen molar-refractivity contribution in [2.45, 2.75) is 33.2 Å². The van der Waals surface area contributed by atoms with Gasteiger partial charge in [-0.25, -0.2) is 4.68 Å². The fourth-order valence-corrected chi connectivity index (χ4v) is 3.18. The van der Waals surface area contributed by atoms with Crippen LogP contribution >= 0.6 is 0 Å². The maximum Gasteiger partial charge on any atom is 0.310 e. The standard InChI is InChI=1S/C18H24N4O2/c1-3-24-18(23)15-8-7-11-21(12-15)13-17-14(2)22(20-19-17)16-9-5-4-6-10-16/h4-6,9-10,15H,3,7-8,11-13H2,1-2H3. The number of ether oxygens (including phenoxy) is 1. The van der Waals surface area contributed by atoms with Gasteiger partial charge in [-0.15, -0.1) is 5.10 Å². The van der Waals surface area contributed by atoms with Crippen LogP contribution in [0.4, 0.5) is 0 Å². The Morgan fingerprint density at radius 2 is 2.12 bits per heavy atom. The fourth-order valence-electron chi connectivity index (χ4n) is 3.18. The molecule has 24 heavy (non-hydrogen) atoms. The monoisotopic (exact) mass is 328 g/mol. The second kappa shape index (κ2) is 7.57. The molecule has 128 valence electrons. The van der Waals surface area contributed by atoms with Crippen LogP contribution in [0.5, 0.6) is 0 Å². The van der Waals surface area contributed by atoms with E-state index in [0.717, 1.165) is 43.0 Å². The van der Waals surface area contributed by atoms with Gasteiger partial charge in [-0.1, -0.05) is 23.4 Å². The molecule has 1 aliphatic rings. The van der Waals surface area contributed by atoms with Crippen LogP contribution in [0.1, 0.15) is 31.2 Å². The van der Waals surface area contributed by atoms with Crippen molar-refractivity contribution in [2.75, 3.05) is 19.7 Å². The quantitative estimate of drug-likeness (QED) is 0.789. The summed E-state index contributed by atoms with van der Waals surface area (Å²) < 4.78 is 7.03. The van der Waals surface area contributed by atoms with Crippen molar-refractivity contribution in [3.8, 4) is 5.69 Å². The molecule has 1 atom stereocenters. The second-order valence-corrected chi connectivity index (χ2v) is 6.20. The van der Waals surface area contributed by atoms with Crippen LogP contribution < -0.4 is 0 Å². The third-order valence-electron chi connectivity index (χ3n) is 4.49. The Morgan fingerprint density at radius 3 is 2.88 bits per heavy atom. The molecule has 1 fully saturated rings. The highest BCUT2D eigenvalue weighted by molar-refractivity contribution is 5.72. The first kappa shape index (κ1) is 16.6. The Labute approximate surface area is 142 Å². The number of carbonyl (C=O) groups is 1. The smallest absolute Gasteiger partial charge is 0.310 e. The number of benzene rings is 1. The summed E-state index contributed by atoms with van der Waals surface area (Å²) in [6.07, 6.45) is 1.92. The van der Waals surface area contributed by atoms with E-state index in [-0.39, 0.29) is 11.9 Å². The van der Waals surface area contributed by atoms with E-state index in [1.807, 2.05) is 48.9 Å². The summed E-state index contributed by atoms with van der Waals surface area (Å²) in [5, 5.41) is 8.63. The van der Waals surface area contributed by atoms with Gasteiger partial charge in [0.25, 0.3) is 0 Å². The zero-order valence-corrected chi connectivity index (χ0v) is 14.3. The molecule has 1 aromatic carbocycles. The number of piperidine rings is 1. The Kier molecular flexibility index (Phi) is 5.25. The molecule has 0 saturated carbocycles. The lowest BCUT2D eigenvalue weighted by Gasteiger charge is -2.30. The molecule has 1 unspecified atom stereocenters. The zero-order chi connectivity index (χ0) is 16.9. The largest absolute Gasteiger partial charge is 0.466 e. The normalized spacial score (nSPS) is 18.5. The highest BCUT2D eigenvalue weighted by Gasteiger charge is 2.27. The molecule has 0 amide bonds. The van der Waals surface area contributed by atoms with Gasteiger partial charge in [0.2, 0.25) is 0 Å². The van der Waals surface area contributed by atoms with Crippen LogP contribution in [0.2, 0.25) is 0 Å². The van der Waals surface area contributed by atoms with E-state index in [0.29, 0.717) is 13.2 Å². The minimum atomic E-state index is -0.0770. The summed E-state index contributed by atoms with van der Waals surface area (Å²) in [6.45, 7) is 6.76. The topological polar surface area (TPSA) is 60.2 Å². The number of hydrogen-bond acceptors (Lipinski definition) is 5. The van der Waals surface area contributed by atoms with Crippen molar-refractivity contribution in [1.82, 2.24) is 19.9 Å². The lowest BCUT2D eigenvalue weighted by atomic mass is 9.98. The average molecular weight is 328 g/mol. The van der Waals surface area contributed by atoms with Crippen LogP contribution in [-0.4, -0.2) is 45.6 Å². The van der Waals surface area contributed by atoms with Gasteiger partial charge in [-0.05, 0) is 45.4 Å². The summed E-state index contributed by atoms with van der Waals surface area (Å²) in [5.41, 5.74) is 3.01. The number of para-hydroxylation sites is 1. The van der Waals surface area contributed by atoms with Gasteiger partial charge in [0.1, 0.15) is 5.69 Å². The van der Waals surface area contributed by atoms with Gasteiger partial charge >= 0.3 is 5.97 Å². The van der Waals surface area contributed by atoms with Crippen LogP contribution in [0.25, 0.3) is 5.69 Å². The highest BCUT2D eigenvalue weighted by atomic mass is 16.5. The van der Waals surface area contributed by atoms with Gasteiger partial charge in [0, 0.05) is 13.1 Å². The highest BCUT2D eigenvalue weighted by Crippen LogP contribution is 2.21. The lowest BCUT2D eigenvalue weighted by Crippen LogP contribution is -2.39. The Morgan fingerprint density at radius 1 is 1.33 bits per heavy atom. The van der Waals surface area contributed by atoms with E-state index in [2.05, 4.69) is 15.2 Å². The fraction of sp³-hybridized carbons (Fsp3) is 0.500. The third kappa shape index (κ3) is 3.64. The molecule has 0 spiro atoms. The van der Waals surface area contributed by atoms with Gasteiger partial charge in [0.15, 0.2) is 0 Å². The average Bonchev–Trinajstić information content (AvgIpc) is 2.97. The van der Waals surface area contributed by atoms with Gasteiger partial charge in [-0.3, -0.25) is 9.69 Å². The molecule has 0 radical (unpaired) electrons. The molecular weight excluding hydrogens is 304 g/mol. The van der Waals surface area contributed by atoms with Gasteiger partial charge < -0.3 is 4.74 Å². The Bertz CT molecular complexity index is 684. The van der Waals surface area contributed by atoms with E-state index in [4.69, 9.17) is 4.74 Å². The first-order valence-electron chi connectivity index (χ1n) is 8.54. The van der Waals surface area contributed by atoms with E-state index in [9.17, 15) is 4.79 Å². The molecule has 1 saturated heterocycles. The van der Waals surface area contributed by atoms with E-state index >= 15 is 0 Å². The van der Waals surface area contributed by atoms with Crippen molar-refractivity contribution in [2.24, 2.45) is 5.92 Å². The summed E-state index contributed by atoms with van der Waals surface area (Å²) in [7, 11) is 0. The molecule has 2 heterocycles. The Hall–Kier alpha value is -2.21. The summed E-state index contributed by atoms with van der Waals surface area (Å²) in [4.78, 5) is 14.2. The third-order valence-corrected chi connectivity index (χ3v) is 4.49. The minimum Gasteiger partial charge on any atom is -0.466 e. The van der Waals surface area contributed by atoms with Crippen LogP contribution in [0.3, 0.4) is 0 Å². The molecule has 0 N–H and O–H groups in total. The van der Waals surface area contributed by atoms with E-state index in [1.54, 1.807) is 0 Å². The van der Waals surface area contributed by atoms with Crippen molar-refractivity contribution in [3.63, 3.8) is 0 Å². The molecule has 3 rings (SSSR count). The number of esters is 1. The van der Waals surface area contributed by atoms with Crippen molar-refractivity contribution >= 4 is 5.97 Å². The number of rotatable bonds is 5. The number of aromatic nitrogens is 3. The molecular formula is C18H24N4O2. The molecule has 1 aromatic heterocycles. The number of carbonyl (C=O) groups excluding carboxylic acids is 1. The van der Waals surface area contributed by atoms with Crippen LogP contribution in [0, 0.1) is 12.8 Å². The zero-order valence-electron chi connectivity index (χ0n) is 14.3. The van der Waals surface area contributed by atoms with E-state index in [1.165, 1.54) is 0 Å². The number of nitrogens with zero attached hydrogens (tertiary/aromatic N) is 4. The molecule has 6 heteroatoms. The summed E-state index contributed by atoms with van der Waals surface area (Å²) in [6, 6.07) is 10.0. The number of likely N-dealkylation sites (tertiary alicyclic amines) is 1. The van der Waals surface area contributed by atoms with Gasteiger partial charge in [-0.2, -0.15) is 0 Å².